The van der Waals surface area contributed by atoms with Crippen LogP contribution in [-0.2, 0) is 14.2 Å². The Morgan fingerprint density at radius 3 is 2.86 bits per heavy atom. The van der Waals surface area contributed by atoms with Gasteiger partial charge in [0, 0.05) is 37.0 Å². The average molecular weight is 291 g/mol. The lowest BCUT2D eigenvalue weighted by Gasteiger charge is -2.27. The van der Waals surface area contributed by atoms with Crippen molar-refractivity contribution >= 4 is 0 Å². The maximum Gasteiger partial charge on any atom is 0.193 e. The Morgan fingerprint density at radius 1 is 1.24 bits per heavy atom. The van der Waals surface area contributed by atoms with Gasteiger partial charge < -0.3 is 25.7 Å². The van der Waals surface area contributed by atoms with Crippen LogP contribution in [0.5, 0.6) is 0 Å². The van der Waals surface area contributed by atoms with E-state index in [9.17, 15) is 0 Å². The molecule has 0 unspecified atom stereocenters. The van der Waals surface area contributed by atoms with Crippen LogP contribution in [0.15, 0.2) is 46.9 Å². The van der Waals surface area contributed by atoms with E-state index in [-0.39, 0.29) is 0 Å². The normalized spacial score (nSPS) is 22.8. The number of rotatable bonds is 4. The Morgan fingerprint density at radius 2 is 2.05 bits per heavy atom. The fourth-order valence-electron chi connectivity index (χ4n) is 2.57. The van der Waals surface area contributed by atoms with Crippen LogP contribution in [0.25, 0.3) is 0 Å². The zero-order valence-electron chi connectivity index (χ0n) is 12.0. The van der Waals surface area contributed by atoms with Gasteiger partial charge in [-0.05, 0) is 12.5 Å². The molecule has 0 amide bonds. The predicted molar refractivity (Wildman–Crippen MR) is 78.6 cm³/mol. The number of nitrogens with zero attached hydrogens (tertiary/aromatic N) is 1. The van der Waals surface area contributed by atoms with E-state index in [1.807, 2.05) is 12.2 Å². The predicted octanol–water partition coefficient (Wildman–Crippen LogP) is 0.550. The van der Waals surface area contributed by atoms with Crippen LogP contribution in [0, 0.1) is 0 Å². The van der Waals surface area contributed by atoms with Crippen LogP contribution in [0.4, 0.5) is 0 Å². The van der Waals surface area contributed by atoms with Gasteiger partial charge in [-0.3, -0.25) is 4.90 Å². The number of fused-ring (bicyclic) bond motifs is 1. The third-order valence-corrected chi connectivity index (χ3v) is 3.72. The first-order chi connectivity index (χ1) is 10.2. The highest BCUT2D eigenvalue weighted by atomic mass is 16.5. The Balaban J connectivity index is 1.63. The minimum absolute atomic E-state index is 0.302. The molecule has 1 aliphatic carbocycles. The molecule has 4 N–H and O–H groups in total. The van der Waals surface area contributed by atoms with Gasteiger partial charge >= 0.3 is 0 Å². The molecule has 0 aromatic heterocycles. The molecule has 6 heteroatoms. The van der Waals surface area contributed by atoms with Crippen molar-refractivity contribution in [2.45, 2.75) is 6.42 Å². The van der Waals surface area contributed by atoms with Crippen LogP contribution < -0.4 is 11.5 Å². The lowest BCUT2D eigenvalue weighted by Crippen LogP contribution is -2.38. The number of morpholine rings is 1. The topological polar surface area (TPSA) is 83.0 Å². The maximum atomic E-state index is 5.99. The van der Waals surface area contributed by atoms with E-state index in [0.717, 1.165) is 44.8 Å². The summed E-state index contributed by atoms with van der Waals surface area (Å²) in [6, 6.07) is 0. The van der Waals surface area contributed by atoms with Gasteiger partial charge in [-0.1, -0.05) is 6.08 Å². The van der Waals surface area contributed by atoms with E-state index in [1.54, 1.807) is 6.08 Å². The summed E-state index contributed by atoms with van der Waals surface area (Å²) in [5.41, 5.74) is 13.3. The van der Waals surface area contributed by atoms with E-state index in [4.69, 9.17) is 25.7 Å². The maximum absolute atomic E-state index is 5.99. The van der Waals surface area contributed by atoms with Crippen molar-refractivity contribution in [1.29, 1.82) is 0 Å². The van der Waals surface area contributed by atoms with E-state index in [1.165, 1.54) is 0 Å². The summed E-state index contributed by atoms with van der Waals surface area (Å²) < 4.78 is 16.8. The second-order valence-corrected chi connectivity index (χ2v) is 5.19. The van der Waals surface area contributed by atoms with Crippen molar-refractivity contribution in [3.8, 4) is 0 Å². The van der Waals surface area contributed by atoms with E-state index >= 15 is 0 Å². The van der Waals surface area contributed by atoms with Gasteiger partial charge in [0.1, 0.15) is 6.61 Å². The molecule has 1 saturated heterocycles. The van der Waals surface area contributed by atoms with Crippen molar-refractivity contribution in [3.05, 3.63) is 46.9 Å². The lowest BCUT2D eigenvalue weighted by molar-refractivity contribution is 0.0273. The van der Waals surface area contributed by atoms with Crippen LogP contribution in [0.2, 0.25) is 0 Å². The lowest BCUT2D eigenvalue weighted by atomic mass is 10.0. The second kappa shape index (κ2) is 6.24. The molecule has 0 spiro atoms. The molecule has 0 aromatic rings. The van der Waals surface area contributed by atoms with Crippen LogP contribution in [-0.4, -0.2) is 44.4 Å². The summed E-state index contributed by atoms with van der Waals surface area (Å²) in [6.45, 7) is 4.96. The first kappa shape index (κ1) is 14.0. The van der Waals surface area contributed by atoms with Crippen molar-refractivity contribution < 1.29 is 14.2 Å². The van der Waals surface area contributed by atoms with E-state index < -0.39 is 0 Å². The molecule has 0 atom stereocenters. The Kier molecular flexibility index (Phi) is 4.17. The monoisotopic (exact) mass is 291 g/mol. The number of hydrogen-bond donors (Lipinski definition) is 2. The standard InChI is InChI=1S/C15H21N3O3/c16-12-10-14(17)21-15-11(12)2-1-3-13(15)20-9-6-18-4-7-19-8-5-18/h1,3,10H,2,4-9,16-17H2. The summed E-state index contributed by atoms with van der Waals surface area (Å²) >= 11 is 0. The van der Waals surface area contributed by atoms with Crippen molar-refractivity contribution in [2.24, 2.45) is 11.5 Å². The average Bonchev–Trinajstić information content (AvgIpc) is 2.49. The summed E-state index contributed by atoms with van der Waals surface area (Å²) in [5.74, 6) is 1.65. The number of nitrogens with two attached hydrogens (primary N) is 2. The molecule has 2 heterocycles. The van der Waals surface area contributed by atoms with Crippen LogP contribution >= 0.6 is 0 Å². The summed E-state index contributed by atoms with van der Waals surface area (Å²) in [7, 11) is 0. The minimum Gasteiger partial charge on any atom is -0.488 e. The summed E-state index contributed by atoms with van der Waals surface area (Å²) in [6.07, 6.45) is 6.32. The molecule has 0 saturated carbocycles. The zero-order valence-corrected chi connectivity index (χ0v) is 12.0. The number of hydrogen-bond acceptors (Lipinski definition) is 6. The van der Waals surface area contributed by atoms with Gasteiger partial charge in [0.25, 0.3) is 0 Å². The molecular weight excluding hydrogens is 270 g/mol. The van der Waals surface area contributed by atoms with Gasteiger partial charge in [-0.25, -0.2) is 0 Å². The third-order valence-electron chi connectivity index (χ3n) is 3.72. The number of ether oxygens (including phenoxy) is 3. The molecule has 0 aromatic carbocycles. The summed E-state index contributed by atoms with van der Waals surface area (Å²) in [5, 5.41) is 0. The zero-order chi connectivity index (χ0) is 14.7. The largest absolute Gasteiger partial charge is 0.488 e. The van der Waals surface area contributed by atoms with Crippen LogP contribution in [0.1, 0.15) is 6.42 Å². The molecule has 2 aliphatic heterocycles. The molecule has 3 rings (SSSR count). The fourth-order valence-corrected chi connectivity index (χ4v) is 2.57. The van der Waals surface area contributed by atoms with Gasteiger partial charge in [0.05, 0.1) is 13.2 Å². The van der Waals surface area contributed by atoms with Gasteiger partial charge in [0.15, 0.2) is 17.4 Å². The molecular formula is C15H21N3O3. The Labute approximate surface area is 124 Å². The molecule has 21 heavy (non-hydrogen) atoms. The first-order valence-corrected chi connectivity index (χ1v) is 7.22. The first-order valence-electron chi connectivity index (χ1n) is 7.22. The fraction of sp³-hybridized carbons (Fsp3) is 0.467. The van der Waals surface area contributed by atoms with Gasteiger partial charge in [-0.15, -0.1) is 0 Å². The Hall–Kier alpha value is -1.92. The third kappa shape index (κ3) is 3.22. The van der Waals surface area contributed by atoms with E-state index in [2.05, 4.69) is 4.90 Å². The molecule has 1 fully saturated rings. The van der Waals surface area contributed by atoms with Crippen molar-refractivity contribution in [2.75, 3.05) is 39.5 Å². The molecule has 0 radical (unpaired) electrons. The van der Waals surface area contributed by atoms with Crippen molar-refractivity contribution in [3.63, 3.8) is 0 Å². The van der Waals surface area contributed by atoms with Gasteiger partial charge in [0.2, 0.25) is 0 Å². The molecule has 6 nitrogen and oxygen atoms in total. The van der Waals surface area contributed by atoms with Gasteiger partial charge in [-0.2, -0.15) is 0 Å². The Bertz CT molecular complexity index is 528. The van der Waals surface area contributed by atoms with Crippen LogP contribution in [0.3, 0.4) is 0 Å². The van der Waals surface area contributed by atoms with E-state index in [0.29, 0.717) is 29.7 Å². The van der Waals surface area contributed by atoms with Crippen molar-refractivity contribution in [1.82, 2.24) is 4.90 Å². The SMILES string of the molecule is NC1=CC(N)=C2CC=CC(OCCN3CCOCC3)=C2O1. The highest BCUT2D eigenvalue weighted by molar-refractivity contribution is 5.47. The molecule has 3 aliphatic rings. The molecule has 0 bridgehead atoms. The highest BCUT2D eigenvalue weighted by Crippen LogP contribution is 2.32. The highest BCUT2D eigenvalue weighted by Gasteiger charge is 2.23. The quantitative estimate of drug-likeness (QED) is 0.787. The second-order valence-electron chi connectivity index (χ2n) is 5.19. The number of allylic oxidation sites excluding steroid dienone is 4. The minimum atomic E-state index is 0.302. The summed E-state index contributed by atoms with van der Waals surface area (Å²) in [4.78, 5) is 2.32. The molecule has 114 valence electrons. The smallest absolute Gasteiger partial charge is 0.193 e.